The minimum Gasteiger partial charge on any atom is -0.454 e. The summed E-state index contributed by atoms with van der Waals surface area (Å²) in [6, 6.07) is 0. The molecule has 2 aliphatic rings. The summed E-state index contributed by atoms with van der Waals surface area (Å²) >= 11 is 0. The highest BCUT2D eigenvalue weighted by Crippen LogP contribution is 2.34. The van der Waals surface area contributed by atoms with Crippen LogP contribution >= 0.6 is 0 Å². The lowest BCUT2D eigenvalue weighted by molar-refractivity contribution is -0.155. The molecule has 1 aliphatic carbocycles. The second kappa shape index (κ2) is 8.41. The van der Waals surface area contributed by atoms with Gasteiger partial charge in [-0.05, 0) is 19.8 Å². The number of hydrogen-bond donors (Lipinski definition) is 2. The van der Waals surface area contributed by atoms with Crippen LogP contribution in [-0.2, 0) is 28.7 Å². The standard InChI is InChI=1S/C16H21N3O6/c1-2-17-12(20)7-18-13(21)9-25-14(22)8-19-15(23)10-5-3-4-6-11(10)16(19)24/h3-4,10-11H,2,5-9H2,1H3,(H,17,20)(H,18,21)/t10-,11+. The van der Waals surface area contributed by atoms with Gasteiger partial charge in [0.15, 0.2) is 6.61 Å². The quantitative estimate of drug-likeness (QED) is 0.335. The predicted octanol–water partition coefficient (Wildman–Crippen LogP) is -1.27. The van der Waals surface area contributed by atoms with E-state index in [1.165, 1.54) is 0 Å². The summed E-state index contributed by atoms with van der Waals surface area (Å²) in [6.45, 7) is 0.883. The number of carbonyl (C=O) groups excluding carboxylic acids is 5. The second-order valence-corrected chi connectivity index (χ2v) is 5.81. The number of likely N-dealkylation sites (tertiary alicyclic amines) is 1. The third-order valence-electron chi connectivity index (χ3n) is 4.07. The van der Waals surface area contributed by atoms with E-state index in [1.807, 2.05) is 12.2 Å². The zero-order valence-electron chi connectivity index (χ0n) is 13.9. The van der Waals surface area contributed by atoms with Gasteiger partial charge in [0, 0.05) is 6.54 Å². The van der Waals surface area contributed by atoms with Crippen LogP contribution in [0.1, 0.15) is 19.8 Å². The van der Waals surface area contributed by atoms with Crippen LogP contribution in [0.2, 0.25) is 0 Å². The molecule has 0 spiro atoms. The average molecular weight is 351 g/mol. The lowest BCUT2D eigenvalue weighted by Crippen LogP contribution is -2.40. The van der Waals surface area contributed by atoms with Gasteiger partial charge in [-0.2, -0.15) is 0 Å². The van der Waals surface area contributed by atoms with E-state index in [9.17, 15) is 24.0 Å². The fourth-order valence-electron chi connectivity index (χ4n) is 2.84. The van der Waals surface area contributed by atoms with Gasteiger partial charge >= 0.3 is 5.97 Å². The first-order valence-electron chi connectivity index (χ1n) is 8.13. The number of nitrogens with one attached hydrogen (secondary N) is 2. The molecule has 4 amide bonds. The SMILES string of the molecule is CCNC(=O)CNC(=O)COC(=O)CN1C(=O)[C@H]2CC=CC[C@H]2C1=O. The van der Waals surface area contributed by atoms with Crippen molar-refractivity contribution in [3.8, 4) is 0 Å². The molecule has 0 unspecified atom stereocenters. The number of esters is 1. The van der Waals surface area contributed by atoms with Crippen molar-refractivity contribution in [2.45, 2.75) is 19.8 Å². The molecule has 0 aromatic heterocycles. The topological polar surface area (TPSA) is 122 Å². The van der Waals surface area contributed by atoms with Crippen LogP contribution in [-0.4, -0.2) is 60.7 Å². The fraction of sp³-hybridized carbons (Fsp3) is 0.562. The number of fused-ring (bicyclic) bond motifs is 1. The number of rotatable bonds is 7. The average Bonchev–Trinajstić information content (AvgIpc) is 2.84. The van der Waals surface area contributed by atoms with E-state index < -0.39 is 36.9 Å². The lowest BCUT2D eigenvalue weighted by atomic mass is 9.85. The van der Waals surface area contributed by atoms with Crippen molar-refractivity contribution in [2.75, 3.05) is 26.2 Å². The molecule has 1 fully saturated rings. The van der Waals surface area contributed by atoms with Gasteiger partial charge in [0.1, 0.15) is 6.54 Å². The first kappa shape index (κ1) is 18.6. The molecule has 1 heterocycles. The van der Waals surface area contributed by atoms with Crippen molar-refractivity contribution < 1.29 is 28.7 Å². The molecule has 2 atom stereocenters. The van der Waals surface area contributed by atoms with E-state index in [0.29, 0.717) is 19.4 Å². The van der Waals surface area contributed by atoms with Crippen LogP contribution in [0.5, 0.6) is 0 Å². The van der Waals surface area contributed by atoms with Gasteiger partial charge in [-0.1, -0.05) is 12.2 Å². The molecule has 0 radical (unpaired) electrons. The first-order valence-corrected chi connectivity index (χ1v) is 8.13. The van der Waals surface area contributed by atoms with Gasteiger partial charge in [0.05, 0.1) is 18.4 Å². The zero-order valence-corrected chi connectivity index (χ0v) is 13.9. The second-order valence-electron chi connectivity index (χ2n) is 5.81. The molecule has 0 aromatic rings. The van der Waals surface area contributed by atoms with E-state index in [2.05, 4.69) is 10.6 Å². The Balaban J connectivity index is 1.75. The zero-order chi connectivity index (χ0) is 18.4. The molecule has 2 N–H and O–H groups in total. The van der Waals surface area contributed by atoms with Gasteiger partial charge in [-0.15, -0.1) is 0 Å². The molecule has 9 heteroatoms. The molecule has 1 saturated heterocycles. The van der Waals surface area contributed by atoms with Crippen molar-refractivity contribution in [1.29, 1.82) is 0 Å². The number of ether oxygens (including phenoxy) is 1. The van der Waals surface area contributed by atoms with Gasteiger partial charge in [0.25, 0.3) is 5.91 Å². The Bertz CT molecular complexity index is 589. The number of carbonyl (C=O) groups is 5. The molecule has 2 rings (SSSR count). The highest BCUT2D eigenvalue weighted by molar-refractivity contribution is 6.07. The van der Waals surface area contributed by atoms with Gasteiger partial charge in [0.2, 0.25) is 17.7 Å². The molecule has 9 nitrogen and oxygen atoms in total. The van der Waals surface area contributed by atoms with Gasteiger partial charge < -0.3 is 15.4 Å². The number of imide groups is 1. The van der Waals surface area contributed by atoms with Crippen molar-refractivity contribution in [2.24, 2.45) is 11.8 Å². The molecule has 25 heavy (non-hydrogen) atoms. The van der Waals surface area contributed by atoms with Crippen LogP contribution in [0.15, 0.2) is 12.2 Å². The maximum Gasteiger partial charge on any atom is 0.326 e. The normalized spacial score (nSPS) is 21.7. The maximum atomic E-state index is 12.2. The summed E-state index contributed by atoms with van der Waals surface area (Å²) in [5.41, 5.74) is 0. The van der Waals surface area contributed by atoms with E-state index in [0.717, 1.165) is 4.90 Å². The van der Waals surface area contributed by atoms with E-state index in [4.69, 9.17) is 4.74 Å². The summed E-state index contributed by atoms with van der Waals surface area (Å²) in [5, 5.41) is 4.79. The summed E-state index contributed by atoms with van der Waals surface area (Å²) in [5.74, 6) is -3.42. The Morgan fingerprint density at radius 3 is 2.24 bits per heavy atom. The van der Waals surface area contributed by atoms with E-state index in [1.54, 1.807) is 6.92 Å². The minimum absolute atomic E-state index is 0.219. The third-order valence-corrected chi connectivity index (χ3v) is 4.07. The Morgan fingerprint density at radius 2 is 1.68 bits per heavy atom. The van der Waals surface area contributed by atoms with E-state index >= 15 is 0 Å². The van der Waals surface area contributed by atoms with Crippen molar-refractivity contribution in [3.63, 3.8) is 0 Å². The Hall–Kier alpha value is -2.71. The van der Waals surface area contributed by atoms with Crippen molar-refractivity contribution in [3.05, 3.63) is 12.2 Å². The number of nitrogens with zero attached hydrogens (tertiary/aromatic N) is 1. The van der Waals surface area contributed by atoms with Crippen LogP contribution in [0, 0.1) is 11.8 Å². The van der Waals surface area contributed by atoms with Crippen LogP contribution in [0.25, 0.3) is 0 Å². The van der Waals surface area contributed by atoms with Crippen molar-refractivity contribution in [1.82, 2.24) is 15.5 Å². The minimum atomic E-state index is -0.846. The predicted molar refractivity (Wildman–Crippen MR) is 84.7 cm³/mol. The number of allylic oxidation sites excluding steroid dienone is 2. The Morgan fingerprint density at radius 1 is 1.08 bits per heavy atom. The summed E-state index contributed by atoms with van der Waals surface area (Å²) in [7, 11) is 0. The van der Waals surface area contributed by atoms with Gasteiger partial charge in [-0.25, -0.2) is 0 Å². The third kappa shape index (κ3) is 4.65. The molecule has 0 saturated carbocycles. The first-order chi connectivity index (χ1) is 11.9. The smallest absolute Gasteiger partial charge is 0.326 e. The largest absolute Gasteiger partial charge is 0.454 e. The monoisotopic (exact) mass is 351 g/mol. The van der Waals surface area contributed by atoms with E-state index in [-0.39, 0.29) is 24.3 Å². The summed E-state index contributed by atoms with van der Waals surface area (Å²) in [4.78, 5) is 59.8. The van der Waals surface area contributed by atoms with Crippen molar-refractivity contribution >= 4 is 29.6 Å². The molecule has 1 aliphatic heterocycles. The molecule has 136 valence electrons. The molecular formula is C16H21N3O6. The highest BCUT2D eigenvalue weighted by Gasteiger charge is 2.47. The Labute approximate surface area is 144 Å². The maximum absolute atomic E-state index is 12.2. The van der Waals surface area contributed by atoms with Crippen LogP contribution in [0.4, 0.5) is 0 Å². The summed E-state index contributed by atoms with van der Waals surface area (Å²) in [6.07, 6.45) is 4.69. The van der Waals surface area contributed by atoms with Gasteiger partial charge in [-0.3, -0.25) is 28.9 Å². The number of hydrogen-bond acceptors (Lipinski definition) is 6. The van der Waals surface area contributed by atoms with Crippen LogP contribution < -0.4 is 10.6 Å². The Kier molecular flexibility index (Phi) is 6.26. The fourth-order valence-corrected chi connectivity index (χ4v) is 2.84. The molecular weight excluding hydrogens is 330 g/mol. The number of amides is 4. The molecule has 0 aromatic carbocycles. The molecule has 0 bridgehead atoms. The highest BCUT2D eigenvalue weighted by atomic mass is 16.5. The number of likely N-dealkylation sites (N-methyl/N-ethyl adjacent to an activating group) is 1. The van der Waals surface area contributed by atoms with Crippen LogP contribution in [0.3, 0.4) is 0 Å². The lowest BCUT2D eigenvalue weighted by Gasteiger charge is -2.14. The summed E-state index contributed by atoms with van der Waals surface area (Å²) < 4.78 is 4.76.